The highest BCUT2D eigenvalue weighted by atomic mass is 16.5. The number of aromatic amines is 1. The molecule has 0 saturated carbocycles. The highest BCUT2D eigenvalue weighted by Gasteiger charge is 2.07. The number of hydrogen-bond acceptors (Lipinski definition) is 8. The fourth-order valence-corrected chi connectivity index (χ4v) is 2.28. The molecule has 3 rings (SSSR count). The van der Waals surface area contributed by atoms with E-state index in [0.717, 1.165) is 0 Å². The molecule has 0 aliphatic rings. The number of methoxy groups -OCH3 is 2. The summed E-state index contributed by atoms with van der Waals surface area (Å²) in [5.74, 6) is 1.13. The van der Waals surface area contributed by atoms with Crippen LogP contribution in [0.4, 0.5) is 5.95 Å². The van der Waals surface area contributed by atoms with Gasteiger partial charge in [-0.3, -0.25) is 9.78 Å². The van der Waals surface area contributed by atoms with E-state index < -0.39 is 5.56 Å². The molecule has 3 aromatic rings. The average molecular weight is 367 g/mol. The first kappa shape index (κ1) is 17.9. The van der Waals surface area contributed by atoms with E-state index in [1.165, 1.54) is 19.4 Å². The Balaban J connectivity index is 1.72. The molecule has 0 radical (unpaired) electrons. The Morgan fingerprint density at radius 2 is 1.89 bits per heavy atom. The van der Waals surface area contributed by atoms with Crippen molar-refractivity contribution in [2.24, 2.45) is 5.10 Å². The molecule has 27 heavy (non-hydrogen) atoms. The minimum Gasteiger partial charge on any atom is -0.504 e. The second kappa shape index (κ2) is 8.00. The number of nitrogens with one attached hydrogen (secondary N) is 2. The van der Waals surface area contributed by atoms with Gasteiger partial charge < -0.3 is 14.6 Å². The average Bonchev–Trinajstić information content (AvgIpc) is 2.68. The lowest BCUT2D eigenvalue weighted by molar-refractivity contribution is 0.373. The third-order valence-electron chi connectivity index (χ3n) is 3.65. The van der Waals surface area contributed by atoms with Crippen LogP contribution in [-0.2, 0) is 0 Å². The second-order valence-corrected chi connectivity index (χ2v) is 5.38. The molecule has 0 fully saturated rings. The predicted octanol–water partition coefficient (Wildman–Crippen LogP) is 2.00. The van der Waals surface area contributed by atoms with Gasteiger partial charge in [-0.25, -0.2) is 5.43 Å². The van der Waals surface area contributed by atoms with Crippen LogP contribution in [0, 0.1) is 0 Å². The normalized spacial score (nSPS) is 10.7. The topological polar surface area (TPSA) is 122 Å². The van der Waals surface area contributed by atoms with Crippen LogP contribution >= 0.6 is 0 Å². The van der Waals surface area contributed by atoms with Gasteiger partial charge in [0.05, 0.1) is 20.4 Å². The van der Waals surface area contributed by atoms with Crippen molar-refractivity contribution in [3.05, 3.63) is 58.4 Å². The van der Waals surface area contributed by atoms with Gasteiger partial charge in [-0.05, 0) is 48.0 Å². The molecule has 0 unspecified atom stereocenters. The van der Waals surface area contributed by atoms with Crippen LogP contribution < -0.4 is 20.5 Å². The Labute approximate surface area is 154 Å². The zero-order valence-corrected chi connectivity index (χ0v) is 14.6. The van der Waals surface area contributed by atoms with Crippen LogP contribution in [0.15, 0.2) is 52.4 Å². The molecule has 138 valence electrons. The van der Waals surface area contributed by atoms with E-state index in [2.05, 4.69) is 25.7 Å². The number of phenols is 1. The summed E-state index contributed by atoms with van der Waals surface area (Å²) in [5.41, 5.74) is 3.62. The number of hydrogen-bond donors (Lipinski definition) is 3. The number of rotatable bonds is 6. The van der Waals surface area contributed by atoms with Crippen molar-refractivity contribution in [2.75, 3.05) is 19.6 Å². The molecule has 9 nitrogen and oxygen atoms in total. The number of phenolic OH excluding ortho intramolecular Hbond substituents is 1. The Bertz CT molecular complexity index is 1020. The number of hydrazone groups is 1. The Morgan fingerprint density at radius 3 is 2.52 bits per heavy atom. The first-order chi connectivity index (χ1) is 13.1. The van der Waals surface area contributed by atoms with Gasteiger partial charge >= 0.3 is 0 Å². The largest absolute Gasteiger partial charge is 0.504 e. The number of nitrogens with zero attached hydrogens (tertiary/aromatic N) is 3. The maximum absolute atomic E-state index is 12.2. The molecule has 1 heterocycles. The van der Waals surface area contributed by atoms with Gasteiger partial charge in [0.25, 0.3) is 5.56 Å². The number of ether oxygens (including phenoxy) is 2. The van der Waals surface area contributed by atoms with E-state index in [0.29, 0.717) is 22.6 Å². The Kier molecular flexibility index (Phi) is 5.31. The molecular formula is C18H17N5O4. The summed E-state index contributed by atoms with van der Waals surface area (Å²) in [4.78, 5) is 14.8. The first-order valence-electron chi connectivity index (χ1n) is 7.88. The number of aromatic hydroxyl groups is 1. The van der Waals surface area contributed by atoms with Gasteiger partial charge in [-0.1, -0.05) is 0 Å². The summed E-state index contributed by atoms with van der Waals surface area (Å²) in [6.07, 6.45) is 1.45. The summed E-state index contributed by atoms with van der Waals surface area (Å²) < 4.78 is 10.1. The van der Waals surface area contributed by atoms with Crippen LogP contribution in [0.2, 0.25) is 0 Å². The molecule has 9 heteroatoms. The predicted molar refractivity (Wildman–Crippen MR) is 101 cm³/mol. The van der Waals surface area contributed by atoms with Crippen molar-refractivity contribution >= 4 is 12.2 Å². The van der Waals surface area contributed by atoms with Crippen molar-refractivity contribution < 1.29 is 14.6 Å². The lowest BCUT2D eigenvalue weighted by atomic mass is 10.1. The molecule has 0 bridgehead atoms. The Morgan fingerprint density at radius 1 is 1.11 bits per heavy atom. The first-order valence-corrected chi connectivity index (χ1v) is 7.88. The van der Waals surface area contributed by atoms with Crippen molar-refractivity contribution in [1.82, 2.24) is 15.2 Å². The zero-order chi connectivity index (χ0) is 19.2. The van der Waals surface area contributed by atoms with E-state index >= 15 is 0 Å². The van der Waals surface area contributed by atoms with Crippen LogP contribution in [0.25, 0.3) is 11.3 Å². The van der Waals surface area contributed by atoms with Crippen molar-refractivity contribution in [3.8, 4) is 28.5 Å². The van der Waals surface area contributed by atoms with E-state index in [9.17, 15) is 9.90 Å². The molecule has 1 aromatic heterocycles. The van der Waals surface area contributed by atoms with Crippen molar-refractivity contribution in [2.45, 2.75) is 0 Å². The summed E-state index contributed by atoms with van der Waals surface area (Å²) in [6.45, 7) is 0. The molecule has 0 amide bonds. The SMILES string of the molecule is COc1ccc(-c2nnc(N/N=C/c3ccc(OC)c(O)c3)[nH]c2=O)cc1. The van der Waals surface area contributed by atoms with Crippen LogP contribution in [0.3, 0.4) is 0 Å². The fraction of sp³-hybridized carbons (Fsp3) is 0.111. The van der Waals surface area contributed by atoms with E-state index in [-0.39, 0.29) is 17.4 Å². The fourth-order valence-electron chi connectivity index (χ4n) is 2.28. The molecule has 0 spiro atoms. The number of benzene rings is 2. The maximum Gasteiger partial charge on any atom is 0.279 e. The second-order valence-electron chi connectivity index (χ2n) is 5.38. The lowest BCUT2D eigenvalue weighted by Gasteiger charge is -2.04. The van der Waals surface area contributed by atoms with Gasteiger partial charge in [0.15, 0.2) is 17.2 Å². The van der Waals surface area contributed by atoms with Crippen LogP contribution in [0.1, 0.15) is 5.56 Å². The van der Waals surface area contributed by atoms with Crippen molar-refractivity contribution in [1.29, 1.82) is 0 Å². The smallest absolute Gasteiger partial charge is 0.279 e. The number of H-pyrrole nitrogens is 1. The van der Waals surface area contributed by atoms with Gasteiger partial charge in [0, 0.05) is 5.56 Å². The van der Waals surface area contributed by atoms with Crippen LogP contribution in [0.5, 0.6) is 17.2 Å². The van der Waals surface area contributed by atoms with E-state index in [1.54, 1.807) is 43.5 Å². The summed E-state index contributed by atoms with van der Waals surface area (Å²) in [5, 5.41) is 21.5. The minimum atomic E-state index is -0.407. The summed E-state index contributed by atoms with van der Waals surface area (Å²) in [6, 6.07) is 11.7. The molecule has 0 saturated heterocycles. The van der Waals surface area contributed by atoms with E-state index in [4.69, 9.17) is 9.47 Å². The third-order valence-corrected chi connectivity index (χ3v) is 3.65. The Hall–Kier alpha value is -3.88. The zero-order valence-electron chi connectivity index (χ0n) is 14.6. The molecular weight excluding hydrogens is 350 g/mol. The number of aromatic nitrogens is 3. The highest BCUT2D eigenvalue weighted by Crippen LogP contribution is 2.25. The lowest BCUT2D eigenvalue weighted by Crippen LogP contribution is -2.15. The van der Waals surface area contributed by atoms with Gasteiger partial charge in [0.1, 0.15) is 5.75 Å². The summed E-state index contributed by atoms with van der Waals surface area (Å²) >= 11 is 0. The molecule has 3 N–H and O–H groups in total. The van der Waals surface area contributed by atoms with Crippen molar-refractivity contribution in [3.63, 3.8) is 0 Å². The van der Waals surface area contributed by atoms with E-state index in [1.807, 2.05) is 0 Å². The molecule has 0 aliphatic carbocycles. The maximum atomic E-state index is 12.2. The molecule has 0 atom stereocenters. The monoisotopic (exact) mass is 367 g/mol. The number of anilines is 1. The quantitative estimate of drug-likeness (QED) is 0.450. The minimum absolute atomic E-state index is 0.00140. The van der Waals surface area contributed by atoms with Crippen LogP contribution in [-0.4, -0.2) is 40.7 Å². The van der Waals surface area contributed by atoms with Gasteiger partial charge in [0.2, 0.25) is 5.95 Å². The standard InChI is InChI=1S/C18H17N5O4/c1-26-13-6-4-12(5-7-13)16-17(25)20-18(23-21-16)22-19-10-11-3-8-15(27-2)14(24)9-11/h3-10,24H,1-2H3,(H2,20,22,23,25)/b19-10+. The third kappa shape index (κ3) is 4.21. The summed E-state index contributed by atoms with van der Waals surface area (Å²) in [7, 11) is 3.03. The molecule has 2 aromatic carbocycles. The van der Waals surface area contributed by atoms with Gasteiger partial charge in [-0.2, -0.15) is 5.10 Å². The highest BCUT2D eigenvalue weighted by molar-refractivity contribution is 5.81. The van der Waals surface area contributed by atoms with Gasteiger partial charge in [-0.15, -0.1) is 10.2 Å². The molecule has 0 aliphatic heterocycles.